The second kappa shape index (κ2) is 8.51. The summed E-state index contributed by atoms with van der Waals surface area (Å²) in [6.07, 6.45) is 2.97. The van der Waals surface area contributed by atoms with E-state index in [4.69, 9.17) is 13.9 Å². The Morgan fingerprint density at radius 2 is 1.70 bits per heavy atom. The van der Waals surface area contributed by atoms with Crippen molar-refractivity contribution in [2.45, 2.75) is 0 Å². The number of fused-ring (bicyclic) bond motifs is 2. The van der Waals surface area contributed by atoms with Crippen LogP contribution < -0.4 is 20.1 Å². The first-order valence-electron chi connectivity index (χ1n) is 10.0. The van der Waals surface area contributed by atoms with E-state index >= 15 is 0 Å². The highest BCUT2D eigenvalue weighted by Gasteiger charge is 2.22. The van der Waals surface area contributed by atoms with Gasteiger partial charge in [0.1, 0.15) is 17.1 Å². The van der Waals surface area contributed by atoms with Crippen LogP contribution in [-0.4, -0.2) is 18.6 Å². The van der Waals surface area contributed by atoms with Crippen LogP contribution in [0.15, 0.2) is 77.2 Å². The van der Waals surface area contributed by atoms with Crippen molar-refractivity contribution >= 4 is 40.2 Å². The van der Waals surface area contributed by atoms with Gasteiger partial charge in [0.15, 0.2) is 11.5 Å². The first kappa shape index (κ1) is 20.3. The molecule has 2 heterocycles. The summed E-state index contributed by atoms with van der Waals surface area (Å²) in [7, 11) is 0. The van der Waals surface area contributed by atoms with Gasteiger partial charge in [-0.3, -0.25) is 9.59 Å². The van der Waals surface area contributed by atoms with Gasteiger partial charge >= 0.3 is 0 Å². The molecule has 0 saturated heterocycles. The van der Waals surface area contributed by atoms with Crippen molar-refractivity contribution in [1.29, 1.82) is 0 Å². The molecule has 0 aliphatic carbocycles. The number of carbonyl (C=O) groups is 2. The molecule has 7 nitrogen and oxygen atoms in total. The summed E-state index contributed by atoms with van der Waals surface area (Å²) in [4.78, 5) is 25.5. The minimum Gasteiger partial charge on any atom is -0.454 e. The van der Waals surface area contributed by atoms with Crippen LogP contribution in [0.2, 0.25) is 0 Å². The van der Waals surface area contributed by atoms with Crippen LogP contribution in [0.5, 0.6) is 11.5 Å². The number of hydrogen-bond donors (Lipinski definition) is 2. The predicted octanol–water partition coefficient (Wildman–Crippen LogP) is 5.20. The average molecular weight is 444 g/mol. The molecule has 164 valence electrons. The molecule has 0 fully saturated rings. The van der Waals surface area contributed by atoms with E-state index in [0.717, 1.165) is 5.56 Å². The van der Waals surface area contributed by atoms with Gasteiger partial charge in [-0.1, -0.05) is 18.2 Å². The predicted molar refractivity (Wildman–Crippen MR) is 121 cm³/mol. The van der Waals surface area contributed by atoms with Crippen molar-refractivity contribution in [2.75, 3.05) is 17.4 Å². The summed E-state index contributed by atoms with van der Waals surface area (Å²) >= 11 is 0. The van der Waals surface area contributed by atoms with Crippen molar-refractivity contribution in [2.24, 2.45) is 0 Å². The van der Waals surface area contributed by atoms with E-state index in [1.807, 2.05) is 0 Å². The van der Waals surface area contributed by atoms with Crippen LogP contribution in [0.4, 0.5) is 15.8 Å². The summed E-state index contributed by atoms with van der Waals surface area (Å²) in [5.74, 6) is -0.247. The zero-order chi connectivity index (χ0) is 22.8. The van der Waals surface area contributed by atoms with Gasteiger partial charge in [-0.25, -0.2) is 4.39 Å². The van der Waals surface area contributed by atoms with E-state index in [9.17, 15) is 14.0 Å². The maximum Gasteiger partial charge on any atom is 0.293 e. The molecular weight excluding hydrogens is 427 g/mol. The number of carbonyl (C=O) groups excluding carboxylic acids is 2. The largest absolute Gasteiger partial charge is 0.454 e. The van der Waals surface area contributed by atoms with Gasteiger partial charge in [-0.15, -0.1) is 0 Å². The zero-order valence-electron chi connectivity index (χ0n) is 17.1. The Morgan fingerprint density at radius 3 is 2.55 bits per heavy atom. The molecule has 0 bridgehead atoms. The molecule has 0 unspecified atom stereocenters. The third kappa shape index (κ3) is 4.27. The van der Waals surface area contributed by atoms with E-state index < -0.39 is 17.6 Å². The number of furan rings is 1. The number of para-hydroxylation sites is 1. The first-order valence-corrected chi connectivity index (χ1v) is 10.0. The lowest BCUT2D eigenvalue weighted by Crippen LogP contribution is -2.15. The Bertz CT molecular complexity index is 1390. The van der Waals surface area contributed by atoms with Crippen LogP contribution in [-0.2, 0) is 4.79 Å². The molecule has 3 aromatic carbocycles. The monoisotopic (exact) mass is 444 g/mol. The van der Waals surface area contributed by atoms with Crippen molar-refractivity contribution < 1.29 is 27.9 Å². The zero-order valence-corrected chi connectivity index (χ0v) is 17.1. The number of hydrogen-bond acceptors (Lipinski definition) is 5. The van der Waals surface area contributed by atoms with Crippen LogP contribution in [0, 0.1) is 5.82 Å². The quantitative estimate of drug-likeness (QED) is 0.413. The highest BCUT2D eigenvalue weighted by atomic mass is 19.1. The normalized spacial score (nSPS) is 12.3. The number of ether oxygens (including phenoxy) is 2. The lowest BCUT2D eigenvalue weighted by Gasteiger charge is -2.06. The maximum absolute atomic E-state index is 13.2. The minimum absolute atomic E-state index is 0.0645. The number of rotatable bonds is 5. The number of benzene rings is 3. The van der Waals surface area contributed by atoms with Crippen molar-refractivity contribution in [3.05, 3.63) is 89.9 Å². The number of nitrogens with one attached hydrogen (secondary N) is 2. The molecule has 1 aromatic heterocycles. The third-order valence-electron chi connectivity index (χ3n) is 4.98. The minimum atomic E-state index is -0.576. The van der Waals surface area contributed by atoms with Gasteiger partial charge in [0, 0.05) is 17.1 Å². The molecular formula is C25H17FN2O5. The van der Waals surface area contributed by atoms with Crippen molar-refractivity contribution in [1.82, 2.24) is 0 Å². The Kier molecular flexibility index (Phi) is 5.24. The summed E-state index contributed by atoms with van der Waals surface area (Å²) in [5.41, 5.74) is 1.82. The van der Waals surface area contributed by atoms with Gasteiger partial charge in [0.2, 0.25) is 18.5 Å². The summed E-state index contributed by atoms with van der Waals surface area (Å²) in [6.45, 7) is 0.166. The molecule has 1 aliphatic heterocycles. The Hall–Kier alpha value is -4.59. The van der Waals surface area contributed by atoms with E-state index in [1.54, 1.807) is 48.5 Å². The Morgan fingerprint density at radius 1 is 0.909 bits per heavy atom. The average Bonchev–Trinajstić information content (AvgIpc) is 3.44. The van der Waals surface area contributed by atoms with Crippen LogP contribution in [0.3, 0.4) is 0 Å². The molecule has 8 heteroatoms. The summed E-state index contributed by atoms with van der Waals surface area (Å²) in [5, 5.41) is 5.96. The Labute approximate surface area is 187 Å². The lowest BCUT2D eigenvalue weighted by atomic mass is 10.2. The fourth-order valence-electron chi connectivity index (χ4n) is 3.40. The summed E-state index contributed by atoms with van der Waals surface area (Å²) in [6, 6.07) is 17.6. The standard InChI is InChI=1S/C25H17FN2O5/c26-16-7-9-17(10-8-16)27-25(30)24-23(18-3-1-2-4-19(18)33-24)28-22(29)12-6-15-5-11-20-21(13-15)32-14-31-20/h1-13H,14H2,(H,27,30)(H,28,29). The smallest absolute Gasteiger partial charge is 0.293 e. The highest BCUT2D eigenvalue weighted by molar-refractivity contribution is 6.16. The third-order valence-corrected chi connectivity index (χ3v) is 4.98. The Balaban J connectivity index is 1.39. The van der Waals surface area contributed by atoms with Gasteiger partial charge in [0.05, 0.1) is 0 Å². The second-order valence-electron chi connectivity index (χ2n) is 7.20. The fourth-order valence-corrected chi connectivity index (χ4v) is 3.40. The molecule has 2 amide bonds. The van der Waals surface area contributed by atoms with E-state index in [0.29, 0.717) is 28.2 Å². The lowest BCUT2D eigenvalue weighted by molar-refractivity contribution is -0.111. The van der Waals surface area contributed by atoms with Gasteiger partial charge in [-0.2, -0.15) is 0 Å². The topological polar surface area (TPSA) is 89.8 Å². The molecule has 0 saturated carbocycles. The molecule has 1 aliphatic rings. The summed E-state index contributed by atoms with van der Waals surface area (Å²) < 4.78 is 29.5. The first-order chi connectivity index (χ1) is 16.1. The molecule has 0 atom stereocenters. The van der Waals surface area contributed by atoms with E-state index in [1.165, 1.54) is 30.3 Å². The fraction of sp³-hybridized carbons (Fsp3) is 0.0400. The molecule has 33 heavy (non-hydrogen) atoms. The van der Waals surface area contributed by atoms with E-state index in [2.05, 4.69) is 10.6 Å². The van der Waals surface area contributed by atoms with Crippen LogP contribution in [0.25, 0.3) is 17.0 Å². The van der Waals surface area contributed by atoms with Gasteiger partial charge < -0.3 is 24.5 Å². The van der Waals surface area contributed by atoms with E-state index in [-0.39, 0.29) is 18.2 Å². The second-order valence-corrected chi connectivity index (χ2v) is 7.20. The number of amides is 2. The van der Waals surface area contributed by atoms with Crippen LogP contribution >= 0.6 is 0 Å². The molecule has 0 spiro atoms. The van der Waals surface area contributed by atoms with Crippen LogP contribution in [0.1, 0.15) is 16.1 Å². The van der Waals surface area contributed by atoms with Crippen molar-refractivity contribution in [3.63, 3.8) is 0 Å². The molecule has 2 N–H and O–H groups in total. The van der Waals surface area contributed by atoms with Crippen molar-refractivity contribution in [3.8, 4) is 11.5 Å². The SMILES string of the molecule is O=C(C=Cc1ccc2c(c1)OCO2)Nc1c(C(=O)Nc2ccc(F)cc2)oc2ccccc12. The maximum atomic E-state index is 13.2. The highest BCUT2D eigenvalue weighted by Crippen LogP contribution is 2.33. The number of anilines is 2. The van der Waals surface area contributed by atoms with Gasteiger partial charge in [-0.05, 0) is 60.2 Å². The molecule has 0 radical (unpaired) electrons. The number of halogens is 1. The van der Waals surface area contributed by atoms with Gasteiger partial charge in [0.25, 0.3) is 5.91 Å². The molecule has 4 aromatic rings. The molecule has 5 rings (SSSR count).